The van der Waals surface area contributed by atoms with Crippen molar-refractivity contribution < 1.29 is 8.42 Å². The first-order chi connectivity index (χ1) is 9.54. The molecule has 2 rings (SSSR count). The normalized spacial score (nSPS) is 11.0. The predicted molar refractivity (Wildman–Crippen MR) is 78.6 cm³/mol. The molecule has 0 bridgehead atoms. The maximum Gasteiger partial charge on any atom is 0.232 e. The van der Waals surface area contributed by atoms with Crippen molar-refractivity contribution in [1.82, 2.24) is 4.98 Å². The second kappa shape index (κ2) is 5.80. The minimum Gasteiger partial charge on any atom is -0.358 e. The summed E-state index contributed by atoms with van der Waals surface area (Å²) in [6, 6.07) is 12.9. The van der Waals surface area contributed by atoms with Crippen LogP contribution in [0.5, 0.6) is 0 Å². The molecule has 0 spiro atoms. The highest BCUT2D eigenvalue weighted by Crippen LogP contribution is 2.21. The third-order valence-corrected chi connectivity index (χ3v) is 4.17. The van der Waals surface area contributed by atoms with E-state index in [4.69, 9.17) is 5.26 Å². The van der Waals surface area contributed by atoms with Crippen LogP contribution < -0.4 is 4.72 Å². The summed E-state index contributed by atoms with van der Waals surface area (Å²) in [6.07, 6.45) is 0.342. The van der Waals surface area contributed by atoms with E-state index in [9.17, 15) is 8.42 Å². The molecule has 0 fully saturated rings. The highest BCUT2D eigenvalue weighted by Gasteiger charge is 2.07. The summed E-state index contributed by atoms with van der Waals surface area (Å²) in [6.45, 7) is 1.59. The number of nitrogens with zero attached hydrogens (tertiary/aromatic N) is 1. The third kappa shape index (κ3) is 3.39. The Bertz CT molecular complexity index is 725. The van der Waals surface area contributed by atoms with Gasteiger partial charge in [-0.2, -0.15) is 5.26 Å². The molecule has 1 aromatic heterocycles. The highest BCUT2D eigenvalue weighted by atomic mass is 32.2. The number of anilines is 1. The number of H-pyrrole nitrogens is 1. The Balaban J connectivity index is 2.17. The summed E-state index contributed by atoms with van der Waals surface area (Å²) < 4.78 is 25.4. The van der Waals surface area contributed by atoms with Crippen molar-refractivity contribution >= 4 is 15.7 Å². The molecule has 6 heteroatoms. The van der Waals surface area contributed by atoms with Crippen molar-refractivity contribution in [2.45, 2.75) is 13.3 Å². The lowest BCUT2D eigenvalue weighted by molar-refractivity contribution is 0.602. The molecule has 0 unspecified atom stereocenters. The Morgan fingerprint density at radius 1 is 1.20 bits per heavy atom. The average molecular weight is 289 g/mol. The van der Waals surface area contributed by atoms with E-state index in [1.54, 1.807) is 19.1 Å². The van der Waals surface area contributed by atoms with Crippen LogP contribution in [0.15, 0.2) is 36.4 Å². The summed E-state index contributed by atoms with van der Waals surface area (Å²) in [5, 5.41) is 8.63. The van der Waals surface area contributed by atoms with Gasteiger partial charge in [-0.25, -0.2) is 8.42 Å². The van der Waals surface area contributed by atoms with Crippen LogP contribution in [-0.4, -0.2) is 19.2 Å². The van der Waals surface area contributed by atoms with Crippen LogP contribution in [-0.2, 0) is 16.4 Å². The number of nitrogens with one attached hydrogen (secondary N) is 2. The fourth-order valence-electron chi connectivity index (χ4n) is 1.77. The van der Waals surface area contributed by atoms with Crippen molar-refractivity contribution in [3.8, 4) is 17.3 Å². The van der Waals surface area contributed by atoms with Crippen molar-refractivity contribution in [3.63, 3.8) is 0 Å². The molecular formula is C14H15N3O2S. The smallest absolute Gasteiger partial charge is 0.232 e. The standard InChI is InChI=1S/C14H15N3O2S/c1-2-20(18,19)17-13-5-3-11(4-6-13)14-8-7-12(16-14)9-10-15/h3-8,16-17H,2,9H2,1H3. The van der Waals surface area contributed by atoms with Crippen molar-refractivity contribution in [1.29, 1.82) is 5.26 Å². The van der Waals surface area contributed by atoms with Gasteiger partial charge in [0.25, 0.3) is 0 Å². The van der Waals surface area contributed by atoms with Crippen LogP contribution >= 0.6 is 0 Å². The van der Waals surface area contributed by atoms with Gasteiger partial charge in [-0.15, -0.1) is 0 Å². The van der Waals surface area contributed by atoms with Gasteiger partial charge in [0.15, 0.2) is 0 Å². The first-order valence-electron chi connectivity index (χ1n) is 6.20. The topological polar surface area (TPSA) is 85.8 Å². The largest absolute Gasteiger partial charge is 0.358 e. The van der Waals surface area contributed by atoms with E-state index in [1.807, 2.05) is 24.3 Å². The van der Waals surface area contributed by atoms with Crippen LogP contribution in [0.25, 0.3) is 11.3 Å². The number of aromatic nitrogens is 1. The Morgan fingerprint density at radius 2 is 1.90 bits per heavy atom. The zero-order valence-corrected chi connectivity index (χ0v) is 11.9. The third-order valence-electron chi connectivity index (χ3n) is 2.87. The second-order valence-electron chi connectivity index (χ2n) is 4.31. The van der Waals surface area contributed by atoms with Crippen LogP contribution in [0.2, 0.25) is 0 Å². The van der Waals surface area contributed by atoms with E-state index in [1.165, 1.54) is 0 Å². The zero-order chi connectivity index (χ0) is 14.6. The molecule has 1 heterocycles. The quantitative estimate of drug-likeness (QED) is 0.886. The van der Waals surface area contributed by atoms with Gasteiger partial charge < -0.3 is 4.98 Å². The second-order valence-corrected chi connectivity index (χ2v) is 6.33. The summed E-state index contributed by atoms with van der Waals surface area (Å²) >= 11 is 0. The molecule has 0 saturated heterocycles. The van der Waals surface area contributed by atoms with Crippen LogP contribution in [0, 0.1) is 11.3 Å². The van der Waals surface area contributed by atoms with Crippen LogP contribution in [0.3, 0.4) is 0 Å². The van der Waals surface area contributed by atoms with E-state index >= 15 is 0 Å². The molecule has 0 saturated carbocycles. The molecule has 0 aliphatic rings. The maximum atomic E-state index is 11.5. The number of nitriles is 1. The number of rotatable bonds is 5. The monoisotopic (exact) mass is 289 g/mol. The number of aromatic amines is 1. The van der Waals surface area contributed by atoms with Crippen molar-refractivity contribution in [3.05, 3.63) is 42.1 Å². The van der Waals surface area contributed by atoms with E-state index in [0.717, 1.165) is 17.0 Å². The zero-order valence-electron chi connectivity index (χ0n) is 11.1. The Labute approximate surface area is 118 Å². The Hall–Kier alpha value is -2.26. The minimum atomic E-state index is -3.25. The van der Waals surface area contributed by atoms with E-state index in [-0.39, 0.29) is 5.75 Å². The molecule has 0 amide bonds. The fourth-order valence-corrected chi connectivity index (χ4v) is 2.41. The molecular weight excluding hydrogens is 274 g/mol. The Kier molecular flexibility index (Phi) is 4.11. The van der Waals surface area contributed by atoms with Gasteiger partial charge in [-0.1, -0.05) is 12.1 Å². The Morgan fingerprint density at radius 3 is 2.50 bits per heavy atom. The average Bonchev–Trinajstić information content (AvgIpc) is 2.88. The SMILES string of the molecule is CCS(=O)(=O)Nc1ccc(-c2ccc(CC#N)[nH]2)cc1. The number of hydrogen-bond donors (Lipinski definition) is 2. The molecule has 104 valence electrons. The van der Waals surface area contributed by atoms with Gasteiger partial charge in [-0.3, -0.25) is 4.72 Å². The van der Waals surface area contributed by atoms with Gasteiger partial charge >= 0.3 is 0 Å². The van der Waals surface area contributed by atoms with Gasteiger partial charge in [0.2, 0.25) is 10.0 Å². The predicted octanol–water partition coefficient (Wildman–Crippen LogP) is 2.51. The van der Waals surface area contributed by atoms with E-state index in [0.29, 0.717) is 12.1 Å². The molecule has 2 N–H and O–H groups in total. The summed E-state index contributed by atoms with van der Waals surface area (Å²) in [7, 11) is -3.25. The first-order valence-corrected chi connectivity index (χ1v) is 7.85. The lowest BCUT2D eigenvalue weighted by atomic mass is 10.1. The summed E-state index contributed by atoms with van der Waals surface area (Å²) in [5.74, 6) is 0.0445. The molecule has 0 atom stereocenters. The van der Waals surface area contributed by atoms with E-state index < -0.39 is 10.0 Å². The lowest BCUT2D eigenvalue weighted by Crippen LogP contribution is -2.14. The molecule has 20 heavy (non-hydrogen) atoms. The maximum absolute atomic E-state index is 11.5. The molecule has 0 aliphatic heterocycles. The summed E-state index contributed by atoms with van der Waals surface area (Å²) in [5.41, 5.74) is 3.24. The van der Waals surface area contributed by atoms with Gasteiger partial charge in [-0.05, 0) is 36.8 Å². The number of sulfonamides is 1. The van der Waals surface area contributed by atoms with Crippen LogP contribution in [0.1, 0.15) is 12.6 Å². The van der Waals surface area contributed by atoms with Crippen molar-refractivity contribution in [2.24, 2.45) is 0 Å². The van der Waals surface area contributed by atoms with Gasteiger partial charge in [0.1, 0.15) is 0 Å². The van der Waals surface area contributed by atoms with Gasteiger partial charge in [0.05, 0.1) is 18.2 Å². The first kappa shape index (κ1) is 14.2. The van der Waals surface area contributed by atoms with Gasteiger partial charge in [0, 0.05) is 17.1 Å². The highest BCUT2D eigenvalue weighted by molar-refractivity contribution is 7.92. The molecule has 2 aromatic rings. The lowest BCUT2D eigenvalue weighted by Gasteiger charge is -2.06. The van der Waals surface area contributed by atoms with Crippen molar-refractivity contribution in [2.75, 3.05) is 10.5 Å². The van der Waals surface area contributed by atoms with E-state index in [2.05, 4.69) is 15.8 Å². The summed E-state index contributed by atoms with van der Waals surface area (Å²) in [4.78, 5) is 3.15. The number of benzene rings is 1. The van der Waals surface area contributed by atoms with Crippen LogP contribution in [0.4, 0.5) is 5.69 Å². The minimum absolute atomic E-state index is 0.0445. The molecule has 0 aliphatic carbocycles. The molecule has 5 nitrogen and oxygen atoms in total. The fraction of sp³-hybridized carbons (Fsp3) is 0.214. The molecule has 0 radical (unpaired) electrons. The number of hydrogen-bond acceptors (Lipinski definition) is 3. The molecule has 1 aromatic carbocycles.